The van der Waals surface area contributed by atoms with Crippen molar-refractivity contribution >= 4 is 35.7 Å². The smallest absolute Gasteiger partial charge is 0.303 e. The van der Waals surface area contributed by atoms with Crippen LogP contribution in [0.2, 0.25) is 0 Å². The molecule has 0 radical (unpaired) electrons. The highest BCUT2D eigenvalue weighted by Crippen LogP contribution is 2.44. The minimum atomic E-state index is -0.815. The number of nitrogens with zero attached hydrogens (tertiary/aromatic N) is 1. The lowest BCUT2D eigenvalue weighted by atomic mass is 9.86. The zero-order valence-electron chi connectivity index (χ0n) is 29.0. The predicted octanol–water partition coefficient (Wildman–Crippen LogP) is 6.23. The van der Waals surface area contributed by atoms with Gasteiger partial charge in [-0.1, -0.05) is 40.0 Å². The Morgan fingerprint density at radius 2 is 1.85 bits per heavy atom. The van der Waals surface area contributed by atoms with E-state index in [9.17, 15) is 14.7 Å². The Balaban J connectivity index is 1.56. The van der Waals surface area contributed by atoms with Crippen LogP contribution >= 0.6 is 0 Å². The van der Waals surface area contributed by atoms with Gasteiger partial charge >= 0.3 is 5.97 Å². The molecule has 6 rings (SSSR count). The molecule has 250 valence electrons. The highest BCUT2D eigenvalue weighted by molar-refractivity contribution is 6.37. The van der Waals surface area contributed by atoms with Crippen molar-refractivity contribution in [3.8, 4) is 0 Å². The molecule has 2 aromatic rings. The molecule has 1 saturated heterocycles. The van der Waals surface area contributed by atoms with Gasteiger partial charge in [-0.3, -0.25) is 14.6 Å². The van der Waals surface area contributed by atoms with Gasteiger partial charge in [-0.15, -0.1) is 0 Å². The molecule has 1 saturated carbocycles. The number of allylic oxidation sites excluding steroid dienone is 4. The van der Waals surface area contributed by atoms with E-state index in [0.717, 1.165) is 86.5 Å². The van der Waals surface area contributed by atoms with Crippen LogP contribution in [0.1, 0.15) is 119 Å². The topological polar surface area (TPSA) is 120 Å². The molecule has 4 N–H and O–H groups in total. The number of H-pyrrole nitrogens is 2. The van der Waals surface area contributed by atoms with Gasteiger partial charge in [0.15, 0.2) is 5.78 Å². The molecule has 0 spiro atoms. The van der Waals surface area contributed by atoms with E-state index in [1.165, 1.54) is 30.4 Å². The van der Waals surface area contributed by atoms with Crippen molar-refractivity contribution in [3.63, 3.8) is 0 Å². The van der Waals surface area contributed by atoms with Crippen molar-refractivity contribution in [3.05, 3.63) is 72.5 Å². The summed E-state index contributed by atoms with van der Waals surface area (Å²) < 4.78 is 6.45. The number of nitrogens with one attached hydrogen (secondary N) is 3. The standard InChI is InChI=1S/C39H50N4O4/c1-8-10-11-12-15-47-24(7)36-22(5)30-17-29-21(4)26(13-14-35(45)46)38(42-29)27-16-34(44)37-23(6)31(43-39(27)37)18-32-25(9-2)20(3)28(40-32)19-33(36)41-30/h17-19,21,24,26,31,40-42H,8-16H2,1-7H3,(H,45,46)/t21-,24?,26-,31?/m0/s1. The Labute approximate surface area is 277 Å². The van der Waals surface area contributed by atoms with Crippen molar-refractivity contribution in [2.75, 3.05) is 6.61 Å². The van der Waals surface area contributed by atoms with Crippen LogP contribution in [0.4, 0.5) is 0 Å². The van der Waals surface area contributed by atoms with Crippen LogP contribution in [0.15, 0.2) is 33.1 Å². The van der Waals surface area contributed by atoms with E-state index in [1.54, 1.807) is 0 Å². The summed E-state index contributed by atoms with van der Waals surface area (Å²) in [7, 11) is 0. The van der Waals surface area contributed by atoms with E-state index in [-0.39, 0.29) is 42.6 Å². The summed E-state index contributed by atoms with van der Waals surface area (Å²) in [5.74, 6) is -0.751. The Bertz CT molecular complexity index is 1860. The third-order valence-corrected chi connectivity index (χ3v) is 10.8. The van der Waals surface area contributed by atoms with Gasteiger partial charge in [-0.05, 0) is 87.4 Å². The monoisotopic (exact) mass is 638 g/mol. The number of Topliss-reactive ketones (excluding diaryl/α,β-unsaturated/α-hetero) is 1. The molecule has 4 atom stereocenters. The van der Waals surface area contributed by atoms with Crippen molar-refractivity contribution in [1.29, 1.82) is 0 Å². The first kappa shape index (κ1) is 33.0. The summed E-state index contributed by atoms with van der Waals surface area (Å²) in [4.78, 5) is 37.9. The maximum atomic E-state index is 13.5. The number of aliphatic imine (C=N–C) groups is 1. The quantitative estimate of drug-likeness (QED) is 0.218. The molecule has 1 aliphatic carbocycles. The second kappa shape index (κ2) is 13.3. The fourth-order valence-corrected chi connectivity index (χ4v) is 8.09. The number of aromatic amines is 2. The van der Waals surface area contributed by atoms with Gasteiger partial charge in [0, 0.05) is 81.5 Å². The Morgan fingerprint density at radius 3 is 2.57 bits per heavy atom. The van der Waals surface area contributed by atoms with E-state index < -0.39 is 5.97 Å². The Hall–Kier alpha value is -3.91. The molecule has 8 nitrogen and oxygen atoms in total. The number of fused-ring (bicyclic) bond motifs is 7. The molecule has 2 unspecified atom stereocenters. The van der Waals surface area contributed by atoms with Gasteiger partial charge in [0.1, 0.15) is 0 Å². The summed E-state index contributed by atoms with van der Waals surface area (Å²) in [6, 6.07) is -0.244. The molecule has 0 amide bonds. The largest absolute Gasteiger partial charge is 0.481 e. The van der Waals surface area contributed by atoms with Gasteiger partial charge in [0.2, 0.25) is 0 Å². The van der Waals surface area contributed by atoms with Crippen LogP contribution in [0.25, 0.3) is 18.2 Å². The number of aromatic nitrogens is 2. The first-order valence-corrected chi connectivity index (χ1v) is 17.5. The number of hydrogen-bond acceptors (Lipinski definition) is 5. The minimum Gasteiger partial charge on any atom is -0.481 e. The van der Waals surface area contributed by atoms with Gasteiger partial charge in [0.05, 0.1) is 17.9 Å². The number of carbonyl (C=O) groups is 2. The SMILES string of the molecule is CCCCCCOC(C)c1c2[nH]c(c1C)C=C1NC(=C3CC(=O)C4=C(C)C(C=c5[nH]c(c(C)c5CC)=C2)N=C34)[C@@H](CCC(=O)O)[C@@H]1C. The van der Waals surface area contributed by atoms with Crippen LogP contribution in [-0.2, 0) is 20.7 Å². The number of rotatable bonds is 11. The van der Waals surface area contributed by atoms with E-state index in [0.29, 0.717) is 6.42 Å². The molecule has 0 aromatic carbocycles. The van der Waals surface area contributed by atoms with Crippen LogP contribution in [-0.4, -0.2) is 45.2 Å². The van der Waals surface area contributed by atoms with E-state index >= 15 is 0 Å². The molecule has 3 aliphatic heterocycles. The second-order valence-corrected chi connectivity index (χ2v) is 13.8. The fraction of sp³-hybridized carbons (Fsp3) is 0.513. The summed E-state index contributed by atoms with van der Waals surface area (Å²) in [5, 5.41) is 15.4. The number of unbranched alkanes of at least 4 members (excludes halogenated alkanes) is 3. The minimum absolute atomic E-state index is 0.0341. The van der Waals surface area contributed by atoms with Crippen LogP contribution in [0.5, 0.6) is 0 Å². The maximum Gasteiger partial charge on any atom is 0.303 e. The first-order valence-electron chi connectivity index (χ1n) is 17.5. The molecule has 2 aromatic heterocycles. The number of aliphatic carboxylic acids is 1. The average molecular weight is 639 g/mol. The average Bonchev–Trinajstić information content (AvgIpc) is 3.78. The highest BCUT2D eigenvalue weighted by Gasteiger charge is 2.43. The molecular weight excluding hydrogens is 588 g/mol. The number of ketones is 1. The zero-order valence-corrected chi connectivity index (χ0v) is 29.0. The van der Waals surface area contributed by atoms with Crippen molar-refractivity contribution < 1.29 is 19.4 Å². The van der Waals surface area contributed by atoms with Crippen molar-refractivity contribution in [1.82, 2.24) is 15.3 Å². The van der Waals surface area contributed by atoms with Crippen molar-refractivity contribution in [2.24, 2.45) is 16.8 Å². The van der Waals surface area contributed by atoms with Gasteiger partial charge in [0.25, 0.3) is 0 Å². The molecule has 47 heavy (non-hydrogen) atoms. The lowest BCUT2D eigenvalue weighted by molar-refractivity contribution is -0.137. The van der Waals surface area contributed by atoms with Gasteiger partial charge < -0.3 is 25.1 Å². The number of ether oxygens (including phenoxy) is 1. The van der Waals surface area contributed by atoms with E-state index in [2.05, 4.69) is 75.1 Å². The zero-order chi connectivity index (χ0) is 33.6. The Morgan fingerprint density at radius 1 is 1.06 bits per heavy atom. The lowest BCUT2D eigenvalue weighted by Crippen LogP contribution is -2.17. The molecule has 4 aliphatic rings. The third-order valence-electron chi connectivity index (χ3n) is 10.8. The number of hydrogen-bond donors (Lipinski definition) is 4. The van der Waals surface area contributed by atoms with E-state index in [4.69, 9.17) is 9.73 Å². The third kappa shape index (κ3) is 6.01. The number of carboxylic acid groups (broad SMARTS) is 1. The van der Waals surface area contributed by atoms with Crippen LogP contribution in [0, 0.1) is 25.7 Å². The number of carbonyl (C=O) groups excluding carboxylic acids is 1. The van der Waals surface area contributed by atoms with Gasteiger partial charge in [-0.25, -0.2) is 0 Å². The molecular formula is C39H50N4O4. The molecule has 2 fully saturated rings. The predicted molar refractivity (Wildman–Crippen MR) is 187 cm³/mol. The second-order valence-electron chi connectivity index (χ2n) is 13.8. The fourth-order valence-electron chi connectivity index (χ4n) is 8.09. The van der Waals surface area contributed by atoms with Gasteiger partial charge in [-0.2, -0.15) is 0 Å². The first-order chi connectivity index (χ1) is 22.5. The van der Waals surface area contributed by atoms with Crippen LogP contribution < -0.4 is 16.0 Å². The van der Waals surface area contributed by atoms with Crippen LogP contribution in [0.3, 0.4) is 0 Å². The molecule has 8 bridgehead atoms. The Kier molecular flexibility index (Phi) is 9.34. The maximum absolute atomic E-state index is 13.5. The summed E-state index contributed by atoms with van der Waals surface area (Å²) in [6.07, 6.45) is 12.8. The highest BCUT2D eigenvalue weighted by atomic mass is 16.5. The van der Waals surface area contributed by atoms with Crippen molar-refractivity contribution in [2.45, 2.75) is 112 Å². The summed E-state index contributed by atoms with van der Waals surface area (Å²) in [6.45, 7) is 15.8. The van der Waals surface area contributed by atoms with E-state index in [1.807, 2.05) is 6.92 Å². The molecule has 8 heteroatoms. The normalized spacial score (nSPS) is 22.3. The number of carboxylic acids is 1. The summed E-state index contributed by atoms with van der Waals surface area (Å²) >= 11 is 0. The summed E-state index contributed by atoms with van der Waals surface area (Å²) in [5.41, 5.74) is 12.1. The molecule has 5 heterocycles. The lowest BCUT2D eigenvalue weighted by Gasteiger charge is -2.16.